The van der Waals surface area contributed by atoms with Crippen LogP contribution in [0.2, 0.25) is 0 Å². The SMILES string of the molecule is CC(C)(C)c1ccccc1Nc1ccc(NS(=O)(=O)c2cccs2)nn1. The fourth-order valence-corrected chi connectivity index (χ4v) is 4.43. The van der Waals surface area contributed by atoms with E-state index in [4.69, 9.17) is 0 Å². The van der Waals surface area contributed by atoms with Crippen LogP contribution in [0.1, 0.15) is 26.3 Å². The van der Waals surface area contributed by atoms with E-state index in [1.165, 1.54) is 0 Å². The van der Waals surface area contributed by atoms with Crippen molar-refractivity contribution in [1.82, 2.24) is 10.2 Å². The minimum absolute atomic E-state index is 0.0205. The molecule has 0 amide bonds. The third kappa shape index (κ3) is 4.20. The van der Waals surface area contributed by atoms with Crippen LogP contribution in [0.3, 0.4) is 0 Å². The highest BCUT2D eigenvalue weighted by Gasteiger charge is 2.18. The van der Waals surface area contributed by atoms with Gasteiger partial charge >= 0.3 is 0 Å². The summed E-state index contributed by atoms with van der Waals surface area (Å²) in [5.74, 6) is 0.717. The minimum Gasteiger partial charge on any atom is -0.338 e. The molecule has 0 fully saturated rings. The molecule has 3 rings (SSSR count). The second kappa shape index (κ2) is 7.05. The van der Waals surface area contributed by atoms with Crippen LogP contribution in [0.15, 0.2) is 58.1 Å². The van der Waals surface area contributed by atoms with Gasteiger partial charge < -0.3 is 5.32 Å². The molecule has 0 unspecified atom stereocenters. The number of rotatable bonds is 5. The molecule has 1 aromatic carbocycles. The molecule has 0 spiro atoms. The number of para-hydroxylation sites is 1. The Morgan fingerprint density at radius 2 is 1.62 bits per heavy atom. The molecule has 2 heterocycles. The average Bonchev–Trinajstić information content (AvgIpc) is 3.11. The Morgan fingerprint density at radius 1 is 0.923 bits per heavy atom. The van der Waals surface area contributed by atoms with Crippen LogP contribution in [0.25, 0.3) is 0 Å². The Kier molecular flexibility index (Phi) is 4.97. The number of aromatic nitrogens is 2. The highest BCUT2D eigenvalue weighted by molar-refractivity contribution is 7.94. The van der Waals surface area contributed by atoms with Gasteiger partial charge in [0.2, 0.25) is 0 Å². The summed E-state index contributed by atoms with van der Waals surface area (Å²) in [6.45, 7) is 6.42. The monoisotopic (exact) mass is 388 g/mol. The Morgan fingerprint density at radius 3 is 2.23 bits per heavy atom. The van der Waals surface area contributed by atoms with Crippen molar-refractivity contribution in [1.29, 1.82) is 0 Å². The molecule has 0 atom stereocenters. The number of sulfonamides is 1. The number of hydrogen-bond acceptors (Lipinski definition) is 6. The molecule has 0 saturated carbocycles. The molecular formula is C18H20N4O2S2. The van der Waals surface area contributed by atoms with Gasteiger partial charge in [0, 0.05) is 5.69 Å². The van der Waals surface area contributed by atoms with Gasteiger partial charge in [-0.05, 0) is 40.6 Å². The van der Waals surface area contributed by atoms with Gasteiger partial charge in [-0.25, -0.2) is 8.42 Å². The Labute approximate surface area is 157 Å². The quantitative estimate of drug-likeness (QED) is 0.678. The fourth-order valence-electron chi connectivity index (χ4n) is 2.44. The molecule has 6 nitrogen and oxygen atoms in total. The first-order chi connectivity index (χ1) is 12.3. The third-order valence-electron chi connectivity index (χ3n) is 3.66. The topological polar surface area (TPSA) is 84.0 Å². The highest BCUT2D eigenvalue weighted by atomic mass is 32.2. The van der Waals surface area contributed by atoms with Gasteiger partial charge in [0.25, 0.3) is 10.0 Å². The van der Waals surface area contributed by atoms with Gasteiger partial charge in [0.15, 0.2) is 11.6 Å². The van der Waals surface area contributed by atoms with E-state index in [0.29, 0.717) is 5.82 Å². The normalized spacial score (nSPS) is 12.0. The van der Waals surface area contributed by atoms with E-state index in [1.807, 2.05) is 18.2 Å². The van der Waals surface area contributed by atoms with E-state index in [9.17, 15) is 8.42 Å². The van der Waals surface area contributed by atoms with Crippen LogP contribution in [0.4, 0.5) is 17.3 Å². The lowest BCUT2D eigenvalue weighted by Crippen LogP contribution is -2.14. The van der Waals surface area contributed by atoms with Crippen LogP contribution >= 0.6 is 11.3 Å². The fraction of sp³-hybridized carbons (Fsp3) is 0.222. The van der Waals surface area contributed by atoms with Crippen molar-refractivity contribution in [2.45, 2.75) is 30.4 Å². The van der Waals surface area contributed by atoms with Crippen molar-refractivity contribution < 1.29 is 8.42 Å². The Hall–Kier alpha value is -2.45. The molecule has 2 aromatic heterocycles. The smallest absolute Gasteiger partial charge is 0.272 e. The number of nitrogens with zero attached hydrogens (tertiary/aromatic N) is 2. The highest BCUT2D eigenvalue weighted by Crippen LogP contribution is 2.30. The molecule has 136 valence electrons. The van der Waals surface area contributed by atoms with E-state index in [-0.39, 0.29) is 15.4 Å². The first-order valence-corrected chi connectivity index (χ1v) is 10.4. The number of nitrogens with one attached hydrogen (secondary N) is 2. The van der Waals surface area contributed by atoms with E-state index in [1.54, 1.807) is 29.6 Å². The second-order valence-electron chi connectivity index (χ2n) is 6.76. The first-order valence-electron chi connectivity index (χ1n) is 8.02. The van der Waals surface area contributed by atoms with E-state index >= 15 is 0 Å². The second-order valence-corrected chi connectivity index (χ2v) is 9.62. The van der Waals surface area contributed by atoms with Gasteiger partial charge in [0.05, 0.1) is 0 Å². The summed E-state index contributed by atoms with van der Waals surface area (Å²) in [6, 6.07) is 14.5. The maximum atomic E-state index is 12.2. The molecule has 8 heteroatoms. The number of hydrogen-bond donors (Lipinski definition) is 2. The summed E-state index contributed by atoms with van der Waals surface area (Å²) < 4.78 is 27.1. The number of benzene rings is 1. The number of anilines is 3. The molecule has 0 aliphatic heterocycles. The third-order valence-corrected chi connectivity index (χ3v) is 6.41. The zero-order chi connectivity index (χ0) is 18.8. The molecule has 0 radical (unpaired) electrons. The van der Waals surface area contributed by atoms with E-state index in [0.717, 1.165) is 22.6 Å². The van der Waals surface area contributed by atoms with Crippen molar-refractivity contribution in [2.24, 2.45) is 0 Å². The molecule has 2 N–H and O–H groups in total. The van der Waals surface area contributed by atoms with Crippen LogP contribution in [-0.4, -0.2) is 18.6 Å². The van der Waals surface area contributed by atoms with Crippen LogP contribution < -0.4 is 10.0 Å². The van der Waals surface area contributed by atoms with Gasteiger partial charge in [-0.15, -0.1) is 21.5 Å². The summed E-state index contributed by atoms with van der Waals surface area (Å²) in [4.78, 5) is 0. The summed E-state index contributed by atoms with van der Waals surface area (Å²) in [7, 11) is -3.62. The van der Waals surface area contributed by atoms with Gasteiger partial charge in [-0.1, -0.05) is 45.0 Å². The van der Waals surface area contributed by atoms with E-state index in [2.05, 4.69) is 47.1 Å². The molecule has 3 aromatic rings. The van der Waals surface area contributed by atoms with Crippen molar-refractivity contribution in [3.05, 3.63) is 59.5 Å². The predicted octanol–water partition coefficient (Wildman–Crippen LogP) is 4.38. The Balaban J connectivity index is 1.77. The largest absolute Gasteiger partial charge is 0.338 e. The van der Waals surface area contributed by atoms with Crippen molar-refractivity contribution >= 4 is 38.7 Å². The maximum absolute atomic E-state index is 12.2. The van der Waals surface area contributed by atoms with Gasteiger partial charge in [-0.2, -0.15) is 0 Å². The molecule has 26 heavy (non-hydrogen) atoms. The Bertz CT molecular complexity index is 977. The first kappa shape index (κ1) is 18.3. The number of thiophene rings is 1. The van der Waals surface area contributed by atoms with Crippen LogP contribution in [-0.2, 0) is 15.4 Å². The van der Waals surface area contributed by atoms with Crippen molar-refractivity contribution in [3.63, 3.8) is 0 Å². The van der Waals surface area contributed by atoms with Gasteiger partial charge in [-0.3, -0.25) is 4.72 Å². The van der Waals surface area contributed by atoms with Crippen molar-refractivity contribution in [3.8, 4) is 0 Å². The lowest BCUT2D eigenvalue weighted by atomic mass is 9.86. The predicted molar refractivity (Wildman–Crippen MR) is 106 cm³/mol. The molecule has 0 aliphatic rings. The standard InChI is InChI=1S/C18H20N4O2S2/c1-18(2,3)13-7-4-5-8-14(13)19-15-10-11-16(21-20-15)22-26(23,24)17-9-6-12-25-17/h4-12H,1-3H3,(H,19,20)(H,21,22). The minimum atomic E-state index is -3.62. The van der Waals surface area contributed by atoms with E-state index < -0.39 is 10.0 Å². The molecule has 0 saturated heterocycles. The zero-order valence-corrected chi connectivity index (χ0v) is 16.4. The summed E-state index contributed by atoms with van der Waals surface area (Å²) in [6.07, 6.45) is 0. The molecule has 0 aliphatic carbocycles. The van der Waals surface area contributed by atoms with Gasteiger partial charge in [0.1, 0.15) is 4.21 Å². The molecular weight excluding hydrogens is 368 g/mol. The zero-order valence-electron chi connectivity index (χ0n) is 14.7. The van der Waals surface area contributed by atoms with Crippen LogP contribution in [0.5, 0.6) is 0 Å². The average molecular weight is 389 g/mol. The maximum Gasteiger partial charge on any atom is 0.272 e. The lowest BCUT2D eigenvalue weighted by Gasteiger charge is -2.23. The lowest BCUT2D eigenvalue weighted by molar-refractivity contribution is 0.592. The summed E-state index contributed by atoms with van der Waals surface area (Å²) in [5, 5.41) is 13.0. The summed E-state index contributed by atoms with van der Waals surface area (Å²) >= 11 is 1.15. The van der Waals surface area contributed by atoms with Crippen LogP contribution in [0, 0.1) is 0 Å². The summed E-state index contributed by atoms with van der Waals surface area (Å²) in [5.41, 5.74) is 2.08. The molecule has 0 bridgehead atoms. The van der Waals surface area contributed by atoms with Crippen molar-refractivity contribution in [2.75, 3.05) is 10.0 Å².